The van der Waals surface area contributed by atoms with E-state index >= 15 is 0 Å². The van der Waals surface area contributed by atoms with Crippen LogP contribution >= 0.6 is 0 Å². The Morgan fingerprint density at radius 1 is 0.786 bits per heavy atom. The summed E-state index contributed by atoms with van der Waals surface area (Å²) in [6.07, 6.45) is 0. The van der Waals surface area contributed by atoms with E-state index in [1.54, 1.807) is 0 Å². The number of aromatic hydroxyl groups is 3. The van der Waals surface area contributed by atoms with E-state index in [0.717, 1.165) is 0 Å². The second-order valence-electron chi connectivity index (χ2n) is 2.74. The smallest absolute Gasteiger partial charge is 0.211 e. The maximum Gasteiger partial charge on any atom is 0.211 e. The largest absolute Gasteiger partial charge is 0.504 e. The van der Waals surface area contributed by atoms with Gasteiger partial charge in [0, 0.05) is 5.56 Å². The Morgan fingerprint density at radius 3 is 1.64 bits per heavy atom. The van der Waals surface area contributed by atoms with Gasteiger partial charge >= 0.3 is 0 Å². The van der Waals surface area contributed by atoms with E-state index in [1.807, 2.05) is 0 Å². The average molecular weight is 200 g/mol. The van der Waals surface area contributed by atoms with Gasteiger partial charge < -0.3 is 24.8 Å². The van der Waals surface area contributed by atoms with E-state index in [2.05, 4.69) is 0 Å². The summed E-state index contributed by atoms with van der Waals surface area (Å²) in [5.41, 5.74) is 0.139. The fourth-order valence-corrected chi connectivity index (χ4v) is 1.16. The third kappa shape index (κ3) is 1.26. The standard InChI is InChI=1S/C9H12O5/c1-4-5(10)7(12)9(14-3)8(13-2)6(4)11/h10-12H,1-3H3. The first-order valence-corrected chi connectivity index (χ1v) is 3.90. The molecular weight excluding hydrogens is 188 g/mol. The molecule has 0 heterocycles. The molecule has 0 unspecified atom stereocenters. The van der Waals surface area contributed by atoms with Crippen molar-refractivity contribution in [2.24, 2.45) is 0 Å². The summed E-state index contributed by atoms with van der Waals surface area (Å²) in [5, 5.41) is 28.4. The highest BCUT2D eigenvalue weighted by atomic mass is 16.5. The van der Waals surface area contributed by atoms with Crippen LogP contribution in [0.4, 0.5) is 0 Å². The van der Waals surface area contributed by atoms with Crippen molar-refractivity contribution < 1.29 is 24.8 Å². The number of rotatable bonds is 2. The van der Waals surface area contributed by atoms with Crippen molar-refractivity contribution in [3.8, 4) is 28.7 Å². The van der Waals surface area contributed by atoms with Crippen LogP contribution in [-0.2, 0) is 0 Å². The van der Waals surface area contributed by atoms with E-state index < -0.39 is 11.5 Å². The van der Waals surface area contributed by atoms with Crippen LogP contribution in [0.2, 0.25) is 0 Å². The first kappa shape index (κ1) is 10.3. The van der Waals surface area contributed by atoms with E-state index in [4.69, 9.17) is 9.47 Å². The Labute approximate surface area is 81.1 Å². The van der Waals surface area contributed by atoms with Crippen LogP contribution in [0.15, 0.2) is 0 Å². The predicted molar refractivity (Wildman–Crippen MR) is 49.3 cm³/mol. The van der Waals surface area contributed by atoms with Crippen molar-refractivity contribution in [1.82, 2.24) is 0 Å². The molecule has 78 valence electrons. The highest BCUT2D eigenvalue weighted by Gasteiger charge is 2.22. The lowest BCUT2D eigenvalue weighted by atomic mass is 10.1. The number of hydrogen-bond acceptors (Lipinski definition) is 5. The fraction of sp³-hybridized carbons (Fsp3) is 0.333. The number of phenols is 3. The summed E-state index contributed by atoms with van der Waals surface area (Å²) in [7, 11) is 2.62. The molecule has 1 aromatic rings. The maximum absolute atomic E-state index is 9.54. The van der Waals surface area contributed by atoms with Crippen molar-refractivity contribution in [3.63, 3.8) is 0 Å². The van der Waals surface area contributed by atoms with Crippen molar-refractivity contribution >= 4 is 0 Å². The van der Waals surface area contributed by atoms with Gasteiger partial charge in [-0.05, 0) is 6.92 Å². The highest BCUT2D eigenvalue weighted by Crippen LogP contribution is 2.51. The monoisotopic (exact) mass is 200 g/mol. The Morgan fingerprint density at radius 2 is 1.21 bits per heavy atom. The highest BCUT2D eigenvalue weighted by molar-refractivity contribution is 5.68. The van der Waals surface area contributed by atoms with Crippen LogP contribution < -0.4 is 9.47 Å². The summed E-state index contributed by atoms with van der Waals surface area (Å²) in [6, 6.07) is 0. The molecule has 0 aromatic heterocycles. The molecule has 0 atom stereocenters. The molecule has 0 spiro atoms. The van der Waals surface area contributed by atoms with Crippen LogP contribution in [0, 0.1) is 6.92 Å². The predicted octanol–water partition coefficient (Wildman–Crippen LogP) is 1.13. The van der Waals surface area contributed by atoms with E-state index in [1.165, 1.54) is 21.1 Å². The molecule has 0 radical (unpaired) electrons. The molecule has 0 fully saturated rings. The molecule has 0 saturated heterocycles. The Balaban J connectivity index is 3.57. The summed E-state index contributed by atoms with van der Waals surface area (Å²) >= 11 is 0. The number of hydrogen-bond donors (Lipinski definition) is 3. The first-order valence-electron chi connectivity index (χ1n) is 3.90. The average Bonchev–Trinajstić information content (AvgIpc) is 2.20. The van der Waals surface area contributed by atoms with Crippen molar-refractivity contribution in [2.75, 3.05) is 14.2 Å². The molecule has 0 amide bonds. The minimum absolute atomic E-state index is 0.000278. The molecule has 0 aliphatic heterocycles. The van der Waals surface area contributed by atoms with Gasteiger partial charge in [-0.15, -0.1) is 0 Å². The zero-order chi connectivity index (χ0) is 10.9. The Kier molecular flexibility index (Phi) is 2.60. The lowest BCUT2D eigenvalue weighted by Crippen LogP contribution is -1.93. The maximum atomic E-state index is 9.54. The SMILES string of the molecule is COc1c(O)c(C)c(O)c(O)c1OC. The lowest BCUT2D eigenvalue weighted by molar-refractivity contribution is 0.304. The molecule has 1 rings (SSSR count). The van der Waals surface area contributed by atoms with Crippen molar-refractivity contribution in [2.45, 2.75) is 6.92 Å². The van der Waals surface area contributed by atoms with E-state index in [9.17, 15) is 15.3 Å². The molecule has 14 heavy (non-hydrogen) atoms. The van der Waals surface area contributed by atoms with Gasteiger partial charge in [-0.2, -0.15) is 0 Å². The minimum Gasteiger partial charge on any atom is -0.504 e. The van der Waals surface area contributed by atoms with Gasteiger partial charge in [0.1, 0.15) is 0 Å². The van der Waals surface area contributed by atoms with Crippen molar-refractivity contribution in [1.29, 1.82) is 0 Å². The second kappa shape index (κ2) is 3.53. The molecule has 0 bridgehead atoms. The molecule has 0 aliphatic rings. The number of methoxy groups -OCH3 is 2. The van der Waals surface area contributed by atoms with Gasteiger partial charge in [-0.1, -0.05) is 0 Å². The zero-order valence-electron chi connectivity index (χ0n) is 8.16. The van der Waals surface area contributed by atoms with Crippen LogP contribution in [-0.4, -0.2) is 29.5 Å². The zero-order valence-corrected chi connectivity index (χ0v) is 8.16. The molecule has 0 aliphatic carbocycles. The molecular formula is C9H12O5. The molecule has 1 aromatic carbocycles. The van der Waals surface area contributed by atoms with Crippen LogP contribution in [0.1, 0.15) is 5.56 Å². The number of phenolic OH excluding ortho intramolecular Hbond substituents is 3. The van der Waals surface area contributed by atoms with E-state index in [-0.39, 0.29) is 22.8 Å². The quantitative estimate of drug-likeness (QED) is 0.492. The van der Waals surface area contributed by atoms with E-state index in [0.29, 0.717) is 0 Å². The Hall–Kier alpha value is -1.78. The third-order valence-corrected chi connectivity index (χ3v) is 1.98. The molecule has 5 nitrogen and oxygen atoms in total. The first-order chi connectivity index (χ1) is 6.54. The normalized spacial score (nSPS) is 9.93. The van der Waals surface area contributed by atoms with Crippen molar-refractivity contribution in [3.05, 3.63) is 5.56 Å². The summed E-state index contributed by atoms with van der Waals surface area (Å²) in [4.78, 5) is 0. The number of benzene rings is 1. The minimum atomic E-state index is -0.445. The second-order valence-corrected chi connectivity index (χ2v) is 2.74. The Bertz CT molecular complexity index is 324. The van der Waals surface area contributed by atoms with Gasteiger partial charge in [0.25, 0.3) is 0 Å². The molecule has 0 saturated carbocycles. The summed E-state index contributed by atoms with van der Waals surface area (Å²) in [5.74, 6) is -1.20. The molecule has 5 heteroatoms. The van der Waals surface area contributed by atoms with Gasteiger partial charge in [-0.25, -0.2) is 0 Å². The van der Waals surface area contributed by atoms with Crippen LogP contribution in [0.3, 0.4) is 0 Å². The summed E-state index contributed by atoms with van der Waals surface area (Å²) < 4.78 is 9.63. The van der Waals surface area contributed by atoms with Gasteiger partial charge in [0.15, 0.2) is 11.5 Å². The fourth-order valence-electron chi connectivity index (χ4n) is 1.16. The lowest BCUT2D eigenvalue weighted by Gasteiger charge is -2.14. The topological polar surface area (TPSA) is 79.2 Å². The van der Waals surface area contributed by atoms with Crippen LogP contribution in [0.25, 0.3) is 0 Å². The van der Waals surface area contributed by atoms with Crippen LogP contribution in [0.5, 0.6) is 28.7 Å². The third-order valence-electron chi connectivity index (χ3n) is 1.98. The number of ether oxygens (including phenoxy) is 2. The van der Waals surface area contributed by atoms with Gasteiger partial charge in [-0.3, -0.25) is 0 Å². The molecule has 3 N–H and O–H groups in total. The van der Waals surface area contributed by atoms with Gasteiger partial charge in [0.2, 0.25) is 17.2 Å². The van der Waals surface area contributed by atoms with Gasteiger partial charge in [0.05, 0.1) is 14.2 Å². The summed E-state index contributed by atoms with van der Waals surface area (Å²) in [6.45, 7) is 1.45.